The molecule has 0 radical (unpaired) electrons. The van der Waals surface area contributed by atoms with Crippen LogP contribution in [0.1, 0.15) is 55.1 Å². The fourth-order valence-corrected chi connectivity index (χ4v) is 8.04. The summed E-state index contributed by atoms with van der Waals surface area (Å²) >= 11 is 0. The topological polar surface area (TPSA) is 130 Å². The lowest BCUT2D eigenvalue weighted by Crippen LogP contribution is -2.57. The molecule has 4 unspecified atom stereocenters. The lowest BCUT2D eigenvalue weighted by molar-refractivity contribution is -0.142. The van der Waals surface area contributed by atoms with E-state index in [1.807, 2.05) is 29.2 Å². The van der Waals surface area contributed by atoms with Gasteiger partial charge < -0.3 is 5.32 Å². The quantitative estimate of drug-likeness (QED) is 0.209. The molecule has 10 heteroatoms. The van der Waals surface area contributed by atoms with Crippen molar-refractivity contribution in [3.63, 3.8) is 0 Å². The summed E-state index contributed by atoms with van der Waals surface area (Å²) in [6.45, 7) is 7.72. The maximum atomic E-state index is 14.8. The number of benzene rings is 1. The van der Waals surface area contributed by atoms with Crippen molar-refractivity contribution in [2.24, 2.45) is 29.1 Å². The maximum Gasteiger partial charge on any atom is 0.254 e. The molecule has 3 aliphatic carbocycles. The van der Waals surface area contributed by atoms with Crippen LogP contribution in [0.3, 0.4) is 0 Å². The van der Waals surface area contributed by atoms with Gasteiger partial charge >= 0.3 is 0 Å². The Morgan fingerprint density at radius 3 is 2.16 bits per heavy atom. The number of rotatable bonds is 9. The Bertz CT molecular complexity index is 1660. The number of nitrogens with zero attached hydrogens (tertiary/aromatic N) is 6. The summed E-state index contributed by atoms with van der Waals surface area (Å²) in [6, 6.07) is 14.9. The lowest BCUT2D eigenvalue weighted by Gasteiger charge is -2.62. The minimum atomic E-state index is -0.975. The molecule has 2 N–H and O–H groups in total. The van der Waals surface area contributed by atoms with Gasteiger partial charge in [-0.15, -0.1) is 10.2 Å². The normalized spacial score (nSPS) is 25.5. The minimum absolute atomic E-state index is 0.00617. The molecule has 1 aromatic carbocycles. The predicted molar refractivity (Wildman–Crippen MR) is 168 cm³/mol. The van der Waals surface area contributed by atoms with E-state index < -0.39 is 5.54 Å². The van der Waals surface area contributed by atoms with Crippen molar-refractivity contribution in [3.05, 3.63) is 102 Å². The number of amides is 1. The van der Waals surface area contributed by atoms with Crippen LogP contribution in [-0.2, 0) is 17.6 Å². The van der Waals surface area contributed by atoms with Crippen molar-refractivity contribution in [3.8, 4) is 11.4 Å². The number of aromatic nitrogens is 6. The highest BCUT2D eigenvalue weighted by molar-refractivity contribution is 6.06. The second-order valence-corrected chi connectivity index (χ2v) is 13.6. The van der Waals surface area contributed by atoms with Crippen molar-refractivity contribution in [2.75, 3.05) is 6.54 Å². The van der Waals surface area contributed by atoms with E-state index in [4.69, 9.17) is 0 Å². The smallest absolute Gasteiger partial charge is 0.254 e. The number of hydrogen-bond acceptors (Lipinski definition) is 8. The molecule has 1 saturated heterocycles. The predicted octanol–water partition coefficient (Wildman–Crippen LogP) is 4.66. The Balaban J connectivity index is 1.24. The zero-order valence-electron chi connectivity index (χ0n) is 25.9. The van der Waals surface area contributed by atoms with Crippen molar-refractivity contribution >= 4 is 11.7 Å². The molecule has 230 valence electrons. The van der Waals surface area contributed by atoms with Gasteiger partial charge in [0.05, 0.1) is 0 Å². The standard InChI is InChI=1S/C35H38N8O2/c1-22-27(16-28-17-29(22)34(28,2)3)21-43-31(18-30(44)25-4-6-26(7-5-25)32-39-41-42-40-32)38-35(33(43)45,19-23-8-12-36-13-9-23)20-24-10-14-37-15-11-24/h4-15,18,22,27-29,38H,16-17,19-21H2,1-3H3,(H,39,40,41,42)/b31-18+. The Morgan fingerprint density at radius 1 is 0.956 bits per heavy atom. The number of allylic oxidation sites excluding steroid dienone is 1. The lowest BCUT2D eigenvalue weighted by atomic mass is 9.43. The number of carbonyl (C=O) groups is 2. The molecule has 10 nitrogen and oxygen atoms in total. The van der Waals surface area contributed by atoms with Crippen LogP contribution >= 0.6 is 0 Å². The third kappa shape index (κ3) is 5.32. The summed E-state index contributed by atoms with van der Waals surface area (Å²) in [5.74, 6) is 2.99. The molecule has 3 aromatic heterocycles. The number of hydrogen-bond donors (Lipinski definition) is 2. The van der Waals surface area contributed by atoms with Crippen molar-refractivity contribution in [1.29, 1.82) is 0 Å². The van der Waals surface area contributed by atoms with E-state index in [1.165, 1.54) is 6.42 Å². The van der Waals surface area contributed by atoms with Gasteiger partial charge in [-0.25, -0.2) is 0 Å². The summed E-state index contributed by atoms with van der Waals surface area (Å²) < 4.78 is 0. The summed E-state index contributed by atoms with van der Waals surface area (Å²) in [5.41, 5.74) is 2.64. The third-order valence-electron chi connectivity index (χ3n) is 10.8. The fourth-order valence-electron chi connectivity index (χ4n) is 8.04. The van der Waals surface area contributed by atoms with E-state index >= 15 is 0 Å². The van der Waals surface area contributed by atoms with Gasteiger partial charge in [0.25, 0.3) is 5.91 Å². The van der Waals surface area contributed by atoms with Gasteiger partial charge in [-0.2, -0.15) is 5.21 Å². The van der Waals surface area contributed by atoms with Crippen LogP contribution in [0.15, 0.2) is 85.2 Å². The highest BCUT2D eigenvalue weighted by Gasteiger charge is 2.57. The molecule has 4 fully saturated rings. The Kier molecular flexibility index (Phi) is 7.30. The molecule has 4 atom stereocenters. The maximum absolute atomic E-state index is 14.8. The number of pyridine rings is 2. The summed E-state index contributed by atoms with van der Waals surface area (Å²) in [6.07, 6.45) is 11.9. The number of ketones is 1. The van der Waals surface area contributed by atoms with E-state index in [0.717, 1.165) is 23.1 Å². The van der Waals surface area contributed by atoms with Crippen LogP contribution in [0.2, 0.25) is 0 Å². The summed E-state index contributed by atoms with van der Waals surface area (Å²) in [5, 5.41) is 17.7. The largest absolute Gasteiger partial charge is 0.357 e. The van der Waals surface area contributed by atoms with E-state index in [0.29, 0.717) is 65.7 Å². The first-order valence-corrected chi connectivity index (χ1v) is 15.7. The monoisotopic (exact) mass is 602 g/mol. The van der Waals surface area contributed by atoms with Crippen LogP contribution in [0, 0.1) is 29.1 Å². The van der Waals surface area contributed by atoms with Crippen molar-refractivity contribution < 1.29 is 9.59 Å². The van der Waals surface area contributed by atoms with Gasteiger partial charge in [-0.1, -0.05) is 45.0 Å². The second kappa shape index (κ2) is 11.3. The molecule has 2 bridgehead atoms. The zero-order valence-corrected chi connectivity index (χ0v) is 25.9. The Morgan fingerprint density at radius 2 is 1.60 bits per heavy atom. The average molecular weight is 603 g/mol. The number of fused-ring (bicyclic) bond motifs is 2. The average Bonchev–Trinajstić information content (AvgIpc) is 3.67. The minimum Gasteiger partial charge on any atom is -0.357 e. The van der Waals surface area contributed by atoms with Gasteiger partial charge in [0.15, 0.2) is 5.78 Å². The first-order chi connectivity index (χ1) is 21.7. The van der Waals surface area contributed by atoms with Gasteiger partial charge in [0, 0.05) is 61.4 Å². The Labute approximate surface area is 262 Å². The molecule has 3 saturated carbocycles. The van der Waals surface area contributed by atoms with Crippen LogP contribution < -0.4 is 5.32 Å². The Hall–Kier alpha value is -4.73. The molecule has 4 heterocycles. The van der Waals surface area contributed by atoms with Gasteiger partial charge in [-0.3, -0.25) is 24.5 Å². The van der Waals surface area contributed by atoms with Gasteiger partial charge in [0.1, 0.15) is 11.4 Å². The van der Waals surface area contributed by atoms with Crippen LogP contribution in [-0.4, -0.2) is 59.3 Å². The molecule has 45 heavy (non-hydrogen) atoms. The third-order valence-corrected chi connectivity index (χ3v) is 10.8. The van der Waals surface area contributed by atoms with E-state index in [-0.39, 0.29) is 11.7 Å². The zero-order chi connectivity index (χ0) is 31.2. The number of aromatic amines is 1. The van der Waals surface area contributed by atoms with E-state index in [1.54, 1.807) is 55.1 Å². The molecule has 0 spiro atoms. The van der Waals surface area contributed by atoms with Gasteiger partial charge in [-0.05, 0) is 82.5 Å². The second-order valence-electron chi connectivity index (χ2n) is 13.6. The summed E-state index contributed by atoms with van der Waals surface area (Å²) in [7, 11) is 0. The highest BCUT2D eigenvalue weighted by Crippen LogP contribution is 2.63. The summed E-state index contributed by atoms with van der Waals surface area (Å²) in [4.78, 5) is 38.8. The van der Waals surface area contributed by atoms with Crippen LogP contribution in [0.5, 0.6) is 0 Å². The van der Waals surface area contributed by atoms with Crippen molar-refractivity contribution in [1.82, 2.24) is 40.8 Å². The van der Waals surface area contributed by atoms with Crippen LogP contribution in [0.4, 0.5) is 0 Å². The SMILES string of the molecule is CC1C(CN2C(=O)C(Cc3ccncc3)(Cc3ccncc3)N/C2=C\C(=O)c2ccc(-c3nn[nH]n3)cc2)CC2CC1C2(C)C. The fraction of sp³-hybridized carbons (Fsp3) is 0.400. The molecule has 1 aliphatic heterocycles. The number of H-pyrrole nitrogens is 1. The molecular weight excluding hydrogens is 564 g/mol. The molecule has 8 rings (SSSR count). The van der Waals surface area contributed by atoms with Crippen molar-refractivity contribution in [2.45, 2.75) is 52.0 Å². The molecule has 4 aromatic rings. The molecular formula is C35H38N8O2. The van der Waals surface area contributed by atoms with E-state index in [2.05, 4.69) is 56.7 Å². The first kappa shape index (κ1) is 29.0. The highest BCUT2D eigenvalue weighted by atomic mass is 16.2. The van der Waals surface area contributed by atoms with Crippen LogP contribution in [0.25, 0.3) is 11.4 Å². The van der Waals surface area contributed by atoms with E-state index in [9.17, 15) is 9.59 Å². The molecule has 1 amide bonds. The number of carbonyl (C=O) groups excluding carboxylic acids is 2. The first-order valence-electron chi connectivity index (χ1n) is 15.7. The number of nitrogens with one attached hydrogen (secondary N) is 2. The number of tetrazole rings is 1. The van der Waals surface area contributed by atoms with Gasteiger partial charge in [0.2, 0.25) is 5.82 Å². The molecule has 4 aliphatic rings.